The minimum Gasteiger partial charge on any atom is -0.503 e. The van der Waals surface area contributed by atoms with E-state index in [0.29, 0.717) is 29.9 Å². The van der Waals surface area contributed by atoms with E-state index >= 15 is 0 Å². The van der Waals surface area contributed by atoms with Gasteiger partial charge in [-0.3, -0.25) is 9.59 Å². The number of methoxy groups -OCH3 is 1. The zero-order valence-corrected chi connectivity index (χ0v) is 18.4. The molecule has 3 aromatic rings. The second-order valence-corrected chi connectivity index (χ2v) is 8.07. The zero-order valence-electron chi connectivity index (χ0n) is 18.4. The number of rotatable bonds is 8. The number of fused-ring (bicyclic) bond motifs is 1. The summed E-state index contributed by atoms with van der Waals surface area (Å²) >= 11 is 0. The Morgan fingerprint density at radius 1 is 1.16 bits per heavy atom. The van der Waals surface area contributed by atoms with E-state index in [4.69, 9.17) is 9.15 Å². The number of carbonyl (C=O) groups excluding carboxylic acids is 2. The molecular weight excluding hydrogens is 408 g/mol. The molecule has 1 atom stereocenters. The molecule has 0 radical (unpaired) electrons. The lowest BCUT2D eigenvalue weighted by molar-refractivity contribution is -0.129. The van der Waals surface area contributed by atoms with Gasteiger partial charge in [-0.25, -0.2) is 0 Å². The standard InChI is InChI=1S/C25H26N2O5/c1-26(2)13-6-14-27-22(16-9-11-18(31-3)12-10-16)21(24(29)25(27)30)23(28)20-15-17-7-4-5-8-19(17)32-20/h4-5,7-12,15,22,29H,6,13-14H2,1-3H3/t22-/m1/s1. The highest BCUT2D eigenvalue weighted by Crippen LogP contribution is 2.40. The summed E-state index contributed by atoms with van der Waals surface area (Å²) in [7, 11) is 5.49. The van der Waals surface area contributed by atoms with Gasteiger partial charge in [-0.15, -0.1) is 0 Å². The zero-order chi connectivity index (χ0) is 22.8. The lowest BCUT2D eigenvalue weighted by atomic mass is 9.95. The van der Waals surface area contributed by atoms with Crippen LogP contribution in [0.15, 0.2) is 70.3 Å². The summed E-state index contributed by atoms with van der Waals surface area (Å²) < 4.78 is 11.0. The van der Waals surface area contributed by atoms with E-state index < -0.39 is 23.5 Å². The molecule has 0 saturated carbocycles. The lowest BCUT2D eigenvalue weighted by Crippen LogP contribution is -2.33. The molecule has 0 bridgehead atoms. The third kappa shape index (κ3) is 3.99. The molecule has 1 aliphatic rings. The van der Waals surface area contributed by atoms with Gasteiger partial charge in [-0.2, -0.15) is 0 Å². The van der Waals surface area contributed by atoms with Crippen LogP contribution in [0.3, 0.4) is 0 Å². The Bertz CT molecular complexity index is 1140. The minimum atomic E-state index is -0.712. The number of hydrogen-bond donors (Lipinski definition) is 1. The molecule has 0 aliphatic carbocycles. The minimum absolute atomic E-state index is 0.0316. The second-order valence-electron chi connectivity index (χ2n) is 8.07. The molecule has 2 heterocycles. The molecule has 1 amide bonds. The highest BCUT2D eigenvalue weighted by atomic mass is 16.5. The van der Waals surface area contributed by atoms with Crippen molar-refractivity contribution in [1.82, 2.24) is 9.80 Å². The van der Waals surface area contributed by atoms with Crippen molar-refractivity contribution >= 4 is 22.7 Å². The van der Waals surface area contributed by atoms with Gasteiger partial charge in [0.1, 0.15) is 11.3 Å². The van der Waals surface area contributed by atoms with E-state index in [1.54, 1.807) is 48.4 Å². The maximum atomic E-state index is 13.5. The SMILES string of the molecule is COc1ccc([C@@H]2C(C(=O)c3cc4ccccc4o3)=C(O)C(=O)N2CCCN(C)C)cc1. The van der Waals surface area contributed by atoms with Gasteiger partial charge in [0.05, 0.1) is 18.7 Å². The lowest BCUT2D eigenvalue weighted by Gasteiger charge is -2.27. The fourth-order valence-corrected chi connectivity index (χ4v) is 4.03. The van der Waals surface area contributed by atoms with Crippen molar-refractivity contribution in [2.24, 2.45) is 0 Å². The van der Waals surface area contributed by atoms with Gasteiger partial charge in [-0.1, -0.05) is 30.3 Å². The molecular formula is C25H26N2O5. The van der Waals surface area contributed by atoms with Crippen molar-refractivity contribution in [2.45, 2.75) is 12.5 Å². The molecule has 1 aliphatic heterocycles. The Morgan fingerprint density at radius 2 is 1.88 bits per heavy atom. The molecule has 1 aromatic heterocycles. The topological polar surface area (TPSA) is 83.2 Å². The number of Topliss-reactive ketones (excluding diaryl/α,β-unsaturated/α-hetero) is 1. The number of ether oxygens (including phenoxy) is 1. The van der Waals surface area contributed by atoms with Crippen molar-refractivity contribution in [2.75, 3.05) is 34.3 Å². The van der Waals surface area contributed by atoms with Gasteiger partial charge < -0.3 is 24.1 Å². The van der Waals surface area contributed by atoms with Crippen LogP contribution in [0.2, 0.25) is 0 Å². The predicted molar refractivity (Wildman–Crippen MR) is 121 cm³/mol. The largest absolute Gasteiger partial charge is 0.503 e. The third-order valence-corrected chi connectivity index (χ3v) is 5.63. The first-order valence-electron chi connectivity index (χ1n) is 10.5. The van der Waals surface area contributed by atoms with Crippen molar-refractivity contribution in [3.8, 4) is 5.75 Å². The van der Waals surface area contributed by atoms with Gasteiger partial charge in [0.2, 0.25) is 5.78 Å². The molecule has 7 heteroatoms. The second kappa shape index (κ2) is 8.88. The van der Waals surface area contributed by atoms with Crippen LogP contribution < -0.4 is 4.74 Å². The molecule has 7 nitrogen and oxygen atoms in total. The average molecular weight is 434 g/mol. The third-order valence-electron chi connectivity index (χ3n) is 5.63. The number of carbonyl (C=O) groups is 2. The smallest absolute Gasteiger partial charge is 0.290 e. The van der Waals surface area contributed by atoms with E-state index in [0.717, 1.165) is 11.9 Å². The Balaban J connectivity index is 1.74. The van der Waals surface area contributed by atoms with Crippen molar-refractivity contribution in [3.05, 3.63) is 77.3 Å². The van der Waals surface area contributed by atoms with E-state index in [9.17, 15) is 14.7 Å². The Labute approximate surface area is 186 Å². The Morgan fingerprint density at radius 3 is 2.53 bits per heavy atom. The van der Waals surface area contributed by atoms with Crippen LogP contribution in [0.5, 0.6) is 5.75 Å². The monoisotopic (exact) mass is 434 g/mol. The van der Waals surface area contributed by atoms with Gasteiger partial charge in [0.25, 0.3) is 5.91 Å². The van der Waals surface area contributed by atoms with Crippen molar-refractivity contribution in [1.29, 1.82) is 0 Å². The number of benzene rings is 2. The molecule has 0 spiro atoms. The number of nitrogens with zero attached hydrogens (tertiary/aromatic N) is 2. The van der Waals surface area contributed by atoms with Crippen molar-refractivity contribution in [3.63, 3.8) is 0 Å². The maximum Gasteiger partial charge on any atom is 0.290 e. The van der Waals surface area contributed by atoms with E-state index in [2.05, 4.69) is 0 Å². The number of aliphatic hydroxyl groups excluding tert-OH is 1. The number of aliphatic hydroxyl groups is 1. The van der Waals surface area contributed by atoms with Crippen LogP contribution >= 0.6 is 0 Å². The summed E-state index contributed by atoms with van der Waals surface area (Å²) in [5, 5.41) is 11.5. The number of ketones is 1. The summed E-state index contributed by atoms with van der Waals surface area (Å²) in [5.41, 5.74) is 1.32. The normalized spacial score (nSPS) is 16.4. The van der Waals surface area contributed by atoms with E-state index in [1.807, 2.05) is 37.2 Å². The number of furan rings is 1. The van der Waals surface area contributed by atoms with Gasteiger partial charge in [0, 0.05) is 11.9 Å². The highest BCUT2D eigenvalue weighted by Gasteiger charge is 2.44. The summed E-state index contributed by atoms with van der Waals surface area (Å²) in [6, 6.07) is 15.4. The van der Waals surface area contributed by atoms with Crippen LogP contribution in [0.1, 0.15) is 28.6 Å². The molecule has 0 saturated heterocycles. The highest BCUT2D eigenvalue weighted by molar-refractivity contribution is 6.16. The van der Waals surface area contributed by atoms with Gasteiger partial charge >= 0.3 is 0 Å². The molecule has 32 heavy (non-hydrogen) atoms. The van der Waals surface area contributed by atoms with E-state index in [-0.39, 0.29) is 11.3 Å². The van der Waals surface area contributed by atoms with Crippen LogP contribution in [0, 0.1) is 0 Å². The predicted octanol–water partition coefficient (Wildman–Crippen LogP) is 3.97. The first-order chi connectivity index (χ1) is 15.4. The molecule has 166 valence electrons. The number of amides is 1. The number of hydrogen-bond acceptors (Lipinski definition) is 6. The summed E-state index contributed by atoms with van der Waals surface area (Å²) in [6.45, 7) is 1.17. The first-order valence-corrected chi connectivity index (χ1v) is 10.5. The maximum absolute atomic E-state index is 13.5. The molecule has 4 rings (SSSR count). The van der Waals surface area contributed by atoms with Crippen LogP contribution in [-0.4, -0.2) is 60.9 Å². The van der Waals surface area contributed by atoms with Crippen LogP contribution in [-0.2, 0) is 4.79 Å². The summed E-state index contributed by atoms with van der Waals surface area (Å²) in [6.07, 6.45) is 0.699. The molecule has 2 aromatic carbocycles. The van der Waals surface area contributed by atoms with E-state index in [1.165, 1.54) is 0 Å². The summed E-state index contributed by atoms with van der Waals surface area (Å²) in [4.78, 5) is 30.1. The quantitative estimate of drug-likeness (QED) is 0.540. The molecule has 0 fully saturated rings. The fraction of sp³-hybridized carbons (Fsp3) is 0.280. The van der Waals surface area contributed by atoms with Crippen molar-refractivity contribution < 1.29 is 23.8 Å². The van der Waals surface area contributed by atoms with Gasteiger partial charge in [0.15, 0.2) is 11.5 Å². The fourth-order valence-electron chi connectivity index (χ4n) is 4.03. The average Bonchev–Trinajstić information content (AvgIpc) is 3.33. The van der Waals surface area contributed by atoms with Crippen LogP contribution in [0.4, 0.5) is 0 Å². The Kier molecular flexibility index (Phi) is 6.01. The van der Waals surface area contributed by atoms with Crippen LogP contribution in [0.25, 0.3) is 11.0 Å². The summed E-state index contributed by atoms with van der Waals surface area (Å²) in [5.74, 6) is -0.821. The first kappa shape index (κ1) is 21.6. The Hall–Kier alpha value is -3.58. The molecule has 0 unspecified atom stereocenters. The molecule has 1 N–H and O–H groups in total. The number of para-hydroxylation sites is 1. The van der Waals surface area contributed by atoms with Gasteiger partial charge in [-0.05, 0) is 56.9 Å².